The average molecular weight is 380 g/mol. The summed E-state index contributed by atoms with van der Waals surface area (Å²) in [5.41, 5.74) is 0.702. The van der Waals surface area contributed by atoms with Crippen molar-refractivity contribution in [1.29, 1.82) is 0 Å². The van der Waals surface area contributed by atoms with E-state index in [0.29, 0.717) is 12.1 Å². The van der Waals surface area contributed by atoms with E-state index < -0.39 is 12.0 Å². The zero-order valence-corrected chi connectivity index (χ0v) is 16.8. The third kappa shape index (κ3) is 12.2. The van der Waals surface area contributed by atoms with Crippen LogP contribution in [0, 0.1) is 0 Å². The molecule has 1 heterocycles. The molecule has 0 saturated heterocycles. The molecule has 1 aromatic rings. The number of nitrogens with one attached hydrogen (secondary N) is 2. The molecule has 6 nitrogen and oxygen atoms in total. The lowest BCUT2D eigenvalue weighted by Gasteiger charge is -2.13. The second-order valence-electron chi connectivity index (χ2n) is 7.38. The minimum Gasteiger partial charge on any atom is -0.480 e. The molecule has 0 aromatic carbocycles. The van der Waals surface area contributed by atoms with Gasteiger partial charge >= 0.3 is 5.97 Å². The molecule has 0 spiro atoms. The average Bonchev–Trinajstić information content (AvgIpc) is 3.15. The van der Waals surface area contributed by atoms with Gasteiger partial charge in [0.25, 0.3) is 0 Å². The number of imidazole rings is 1. The van der Waals surface area contributed by atoms with Crippen molar-refractivity contribution in [3.05, 3.63) is 18.2 Å². The predicted octanol–water partition coefficient (Wildman–Crippen LogP) is 4.61. The number of carbonyl (C=O) groups excluding carboxylic acids is 1. The normalized spacial score (nSPS) is 12.0. The van der Waals surface area contributed by atoms with Crippen LogP contribution in [0.25, 0.3) is 0 Å². The Balaban J connectivity index is 1.99. The van der Waals surface area contributed by atoms with Gasteiger partial charge in [0.15, 0.2) is 0 Å². The Hall–Kier alpha value is -1.85. The van der Waals surface area contributed by atoms with E-state index in [1.807, 2.05) is 0 Å². The summed E-state index contributed by atoms with van der Waals surface area (Å²) in [7, 11) is 0. The molecule has 154 valence electrons. The summed E-state index contributed by atoms with van der Waals surface area (Å²) in [4.78, 5) is 30.0. The highest BCUT2D eigenvalue weighted by Crippen LogP contribution is 2.12. The molecule has 6 heteroatoms. The summed E-state index contributed by atoms with van der Waals surface area (Å²) in [5.74, 6) is -1.21. The number of hydrogen-bond acceptors (Lipinski definition) is 3. The maximum Gasteiger partial charge on any atom is 0.326 e. The fourth-order valence-electron chi connectivity index (χ4n) is 3.21. The molecule has 1 unspecified atom stereocenters. The Morgan fingerprint density at radius 1 is 1.00 bits per heavy atom. The van der Waals surface area contributed by atoms with Crippen molar-refractivity contribution in [2.45, 2.75) is 103 Å². The second-order valence-corrected chi connectivity index (χ2v) is 7.38. The van der Waals surface area contributed by atoms with Crippen molar-refractivity contribution in [2.75, 3.05) is 0 Å². The van der Waals surface area contributed by atoms with Crippen LogP contribution in [0.5, 0.6) is 0 Å². The van der Waals surface area contributed by atoms with Gasteiger partial charge in [0.1, 0.15) is 6.04 Å². The molecule has 1 rings (SSSR count). The van der Waals surface area contributed by atoms with Crippen LogP contribution in [0.1, 0.15) is 96.1 Å². The minimum absolute atomic E-state index is 0.186. The molecule has 0 aliphatic carbocycles. The molecular formula is C21H37N3O3. The number of H-pyrrole nitrogens is 1. The number of aromatic nitrogens is 2. The molecule has 0 aliphatic heterocycles. The number of unbranched alkanes of at least 4 members (excludes halogenated alkanes) is 11. The maximum absolute atomic E-state index is 12.0. The summed E-state index contributed by atoms with van der Waals surface area (Å²) in [6, 6.07) is -0.907. The van der Waals surface area contributed by atoms with Gasteiger partial charge in [0.2, 0.25) is 5.91 Å². The Labute approximate surface area is 163 Å². The fraction of sp³-hybridized carbons (Fsp3) is 0.762. The Morgan fingerprint density at radius 2 is 1.56 bits per heavy atom. The standard InChI is InChI=1S/C21H37N3O3/c1-2-3-4-5-6-7-8-9-10-11-12-13-14-20(25)24-19(21(26)27)15-18-16-22-17-23-18/h16-17,19H,2-15H2,1H3,(H,22,23)(H,24,25)(H,26,27). The molecular weight excluding hydrogens is 342 g/mol. The lowest BCUT2D eigenvalue weighted by molar-refractivity contribution is -0.141. The third-order valence-electron chi connectivity index (χ3n) is 4.87. The third-order valence-corrected chi connectivity index (χ3v) is 4.87. The number of aromatic amines is 1. The number of nitrogens with zero attached hydrogens (tertiary/aromatic N) is 1. The Kier molecular flexibility index (Phi) is 13.1. The van der Waals surface area contributed by atoms with Crippen molar-refractivity contribution in [3.63, 3.8) is 0 Å². The van der Waals surface area contributed by atoms with Crippen LogP contribution in [0.15, 0.2) is 12.5 Å². The van der Waals surface area contributed by atoms with Crippen LogP contribution < -0.4 is 5.32 Å². The van der Waals surface area contributed by atoms with Gasteiger partial charge in [0, 0.05) is 24.7 Å². The summed E-state index contributed by atoms with van der Waals surface area (Å²) < 4.78 is 0. The number of carboxylic acid groups (broad SMARTS) is 1. The van der Waals surface area contributed by atoms with Crippen LogP contribution in [0.3, 0.4) is 0 Å². The first kappa shape index (κ1) is 23.2. The lowest BCUT2D eigenvalue weighted by Crippen LogP contribution is -2.42. The van der Waals surface area contributed by atoms with Crippen molar-refractivity contribution in [1.82, 2.24) is 15.3 Å². The quantitative estimate of drug-likeness (QED) is 0.344. The van der Waals surface area contributed by atoms with Gasteiger partial charge in [-0.3, -0.25) is 4.79 Å². The van der Waals surface area contributed by atoms with E-state index in [0.717, 1.165) is 19.3 Å². The van der Waals surface area contributed by atoms with E-state index in [1.165, 1.54) is 64.1 Å². The number of aliphatic carboxylic acids is 1. The number of carboxylic acids is 1. The zero-order valence-electron chi connectivity index (χ0n) is 16.8. The highest BCUT2D eigenvalue weighted by atomic mass is 16.4. The van der Waals surface area contributed by atoms with Crippen LogP contribution in [0.4, 0.5) is 0 Å². The first-order valence-electron chi connectivity index (χ1n) is 10.6. The van der Waals surface area contributed by atoms with E-state index in [2.05, 4.69) is 22.2 Å². The molecule has 0 bridgehead atoms. The second kappa shape index (κ2) is 15.2. The van der Waals surface area contributed by atoms with Gasteiger partial charge in [-0.25, -0.2) is 9.78 Å². The van der Waals surface area contributed by atoms with Gasteiger partial charge < -0.3 is 15.4 Å². The van der Waals surface area contributed by atoms with Crippen LogP contribution in [-0.2, 0) is 16.0 Å². The van der Waals surface area contributed by atoms with Crippen molar-refractivity contribution < 1.29 is 14.7 Å². The van der Waals surface area contributed by atoms with Crippen molar-refractivity contribution in [3.8, 4) is 0 Å². The molecule has 3 N–H and O–H groups in total. The van der Waals surface area contributed by atoms with Gasteiger partial charge in [-0.2, -0.15) is 0 Å². The SMILES string of the molecule is CCCCCCCCCCCCCCC(=O)NC(Cc1cnc[nH]1)C(=O)O. The largest absolute Gasteiger partial charge is 0.480 e. The summed E-state index contributed by atoms with van der Waals surface area (Å²) in [5, 5.41) is 11.9. The fourth-order valence-corrected chi connectivity index (χ4v) is 3.21. The van der Waals surface area contributed by atoms with Gasteiger partial charge in [-0.05, 0) is 6.42 Å². The molecule has 0 saturated carbocycles. The van der Waals surface area contributed by atoms with E-state index >= 15 is 0 Å². The molecule has 27 heavy (non-hydrogen) atoms. The summed E-state index contributed by atoms with van der Waals surface area (Å²) in [6.07, 6.45) is 18.7. The van der Waals surface area contributed by atoms with E-state index in [-0.39, 0.29) is 12.3 Å². The monoisotopic (exact) mass is 379 g/mol. The highest BCUT2D eigenvalue weighted by Gasteiger charge is 2.20. The number of rotatable bonds is 17. The Bertz CT molecular complexity index is 503. The number of amides is 1. The van der Waals surface area contributed by atoms with Crippen molar-refractivity contribution >= 4 is 11.9 Å². The molecule has 0 radical (unpaired) electrons. The maximum atomic E-state index is 12.0. The van der Waals surface area contributed by atoms with E-state index in [1.54, 1.807) is 6.20 Å². The predicted molar refractivity (Wildman–Crippen MR) is 108 cm³/mol. The zero-order chi connectivity index (χ0) is 19.7. The van der Waals surface area contributed by atoms with Crippen LogP contribution in [-0.4, -0.2) is 33.0 Å². The lowest BCUT2D eigenvalue weighted by atomic mass is 10.0. The molecule has 1 amide bonds. The van der Waals surface area contributed by atoms with Gasteiger partial charge in [-0.1, -0.05) is 77.6 Å². The smallest absolute Gasteiger partial charge is 0.326 e. The molecule has 1 aromatic heterocycles. The number of hydrogen-bond donors (Lipinski definition) is 3. The molecule has 0 fully saturated rings. The first-order chi connectivity index (χ1) is 13.1. The molecule has 1 atom stereocenters. The summed E-state index contributed by atoms with van der Waals surface area (Å²) >= 11 is 0. The first-order valence-corrected chi connectivity index (χ1v) is 10.6. The van der Waals surface area contributed by atoms with Crippen LogP contribution in [0.2, 0.25) is 0 Å². The topological polar surface area (TPSA) is 95.1 Å². The van der Waals surface area contributed by atoms with E-state index in [4.69, 9.17) is 0 Å². The minimum atomic E-state index is -1.02. The van der Waals surface area contributed by atoms with Crippen molar-refractivity contribution in [2.24, 2.45) is 0 Å². The highest BCUT2D eigenvalue weighted by molar-refractivity contribution is 5.83. The molecule has 0 aliphatic rings. The van der Waals surface area contributed by atoms with Gasteiger partial charge in [0.05, 0.1) is 6.33 Å². The summed E-state index contributed by atoms with van der Waals surface area (Å²) in [6.45, 7) is 2.25. The number of carbonyl (C=O) groups is 2. The Morgan fingerprint density at radius 3 is 2.04 bits per heavy atom. The van der Waals surface area contributed by atoms with E-state index in [9.17, 15) is 14.7 Å². The van der Waals surface area contributed by atoms with Gasteiger partial charge in [-0.15, -0.1) is 0 Å². The van der Waals surface area contributed by atoms with Crippen LogP contribution >= 0.6 is 0 Å².